The molecule has 1 aromatic rings. The SMILES string of the molecule is CCN(CC(=O)NCc1ccco1)CC(C)(C)CN. The van der Waals surface area contributed by atoms with Gasteiger partial charge < -0.3 is 15.5 Å². The van der Waals surface area contributed by atoms with Gasteiger partial charge in [0.15, 0.2) is 0 Å². The third kappa shape index (κ3) is 5.89. The number of nitrogens with one attached hydrogen (secondary N) is 1. The summed E-state index contributed by atoms with van der Waals surface area (Å²) < 4.78 is 5.17. The smallest absolute Gasteiger partial charge is 0.234 e. The Hall–Kier alpha value is -1.33. The van der Waals surface area contributed by atoms with E-state index in [0.29, 0.717) is 19.6 Å². The van der Waals surface area contributed by atoms with E-state index in [-0.39, 0.29) is 11.3 Å². The first-order valence-corrected chi connectivity index (χ1v) is 6.68. The summed E-state index contributed by atoms with van der Waals surface area (Å²) in [6, 6.07) is 3.65. The van der Waals surface area contributed by atoms with Crippen molar-refractivity contribution >= 4 is 5.91 Å². The number of nitrogens with two attached hydrogens (primary N) is 1. The van der Waals surface area contributed by atoms with Crippen LogP contribution in [0.3, 0.4) is 0 Å². The lowest BCUT2D eigenvalue weighted by atomic mass is 9.93. The van der Waals surface area contributed by atoms with Crippen molar-refractivity contribution in [3.05, 3.63) is 24.2 Å². The summed E-state index contributed by atoms with van der Waals surface area (Å²) in [5, 5.41) is 2.85. The fourth-order valence-corrected chi connectivity index (χ4v) is 1.81. The molecule has 0 saturated carbocycles. The highest BCUT2D eigenvalue weighted by Gasteiger charge is 2.20. The minimum absolute atomic E-state index is 0.00562. The molecule has 0 radical (unpaired) electrons. The molecule has 0 unspecified atom stereocenters. The van der Waals surface area contributed by atoms with E-state index in [9.17, 15) is 4.79 Å². The van der Waals surface area contributed by atoms with Crippen molar-refractivity contribution in [1.82, 2.24) is 10.2 Å². The Morgan fingerprint density at radius 3 is 2.79 bits per heavy atom. The fourth-order valence-electron chi connectivity index (χ4n) is 1.81. The number of hydrogen-bond donors (Lipinski definition) is 2. The second-order valence-electron chi connectivity index (χ2n) is 5.53. The van der Waals surface area contributed by atoms with Gasteiger partial charge in [-0.3, -0.25) is 9.69 Å². The molecule has 0 aliphatic heterocycles. The molecule has 5 nitrogen and oxygen atoms in total. The van der Waals surface area contributed by atoms with Gasteiger partial charge in [-0.05, 0) is 30.6 Å². The van der Waals surface area contributed by atoms with E-state index in [4.69, 9.17) is 10.2 Å². The van der Waals surface area contributed by atoms with Gasteiger partial charge in [0.2, 0.25) is 5.91 Å². The van der Waals surface area contributed by atoms with Crippen LogP contribution in [0.2, 0.25) is 0 Å². The normalized spacial score (nSPS) is 11.8. The summed E-state index contributed by atoms with van der Waals surface area (Å²) in [5.74, 6) is 0.768. The average molecular weight is 267 g/mol. The van der Waals surface area contributed by atoms with E-state index >= 15 is 0 Å². The predicted octanol–water partition coefficient (Wildman–Crippen LogP) is 1.20. The van der Waals surface area contributed by atoms with Crippen LogP contribution >= 0.6 is 0 Å². The molecule has 0 fully saturated rings. The largest absolute Gasteiger partial charge is 0.467 e. The van der Waals surface area contributed by atoms with Crippen molar-refractivity contribution < 1.29 is 9.21 Å². The molecule has 0 atom stereocenters. The molecule has 0 saturated heterocycles. The van der Waals surface area contributed by atoms with Gasteiger partial charge in [0.1, 0.15) is 5.76 Å². The number of carbonyl (C=O) groups excluding carboxylic acids is 1. The Bertz CT molecular complexity index is 374. The lowest BCUT2D eigenvalue weighted by Gasteiger charge is -2.30. The summed E-state index contributed by atoms with van der Waals surface area (Å²) in [4.78, 5) is 14.0. The maximum Gasteiger partial charge on any atom is 0.234 e. The van der Waals surface area contributed by atoms with Crippen LogP contribution in [0.5, 0.6) is 0 Å². The van der Waals surface area contributed by atoms with E-state index in [1.807, 2.05) is 19.1 Å². The number of likely N-dealkylation sites (N-methyl/N-ethyl adjacent to an activating group) is 1. The van der Waals surface area contributed by atoms with E-state index in [1.165, 1.54) is 0 Å². The van der Waals surface area contributed by atoms with Gasteiger partial charge in [0.25, 0.3) is 0 Å². The van der Waals surface area contributed by atoms with Crippen LogP contribution in [0.25, 0.3) is 0 Å². The molecule has 1 rings (SSSR count). The molecule has 1 aromatic heterocycles. The fraction of sp³-hybridized carbons (Fsp3) is 0.643. The van der Waals surface area contributed by atoms with Crippen LogP contribution in [0, 0.1) is 5.41 Å². The molecular formula is C14H25N3O2. The molecule has 19 heavy (non-hydrogen) atoms. The lowest BCUT2D eigenvalue weighted by molar-refractivity contribution is -0.122. The van der Waals surface area contributed by atoms with Gasteiger partial charge in [-0.25, -0.2) is 0 Å². The number of rotatable bonds is 8. The van der Waals surface area contributed by atoms with Crippen molar-refractivity contribution in [2.24, 2.45) is 11.1 Å². The Morgan fingerprint density at radius 1 is 1.53 bits per heavy atom. The lowest BCUT2D eigenvalue weighted by Crippen LogP contribution is -2.43. The third-order valence-corrected chi connectivity index (χ3v) is 3.06. The highest BCUT2D eigenvalue weighted by atomic mass is 16.3. The second kappa shape index (κ2) is 7.31. The number of nitrogens with zero attached hydrogens (tertiary/aromatic N) is 1. The van der Waals surface area contributed by atoms with E-state index in [0.717, 1.165) is 18.8 Å². The number of furan rings is 1. The minimum atomic E-state index is 0.00562. The molecule has 0 bridgehead atoms. The van der Waals surface area contributed by atoms with Crippen LogP contribution in [-0.2, 0) is 11.3 Å². The summed E-state index contributed by atoms with van der Waals surface area (Å²) in [6.45, 7) is 9.34. The Kier molecular flexibility index (Phi) is 6.05. The first-order valence-electron chi connectivity index (χ1n) is 6.68. The molecule has 1 heterocycles. The third-order valence-electron chi connectivity index (χ3n) is 3.06. The van der Waals surface area contributed by atoms with Crippen LogP contribution in [0.1, 0.15) is 26.5 Å². The molecule has 0 aromatic carbocycles. The van der Waals surface area contributed by atoms with Crippen LogP contribution in [-0.4, -0.2) is 37.0 Å². The molecule has 5 heteroatoms. The predicted molar refractivity (Wildman–Crippen MR) is 75.5 cm³/mol. The monoisotopic (exact) mass is 267 g/mol. The summed E-state index contributed by atoms with van der Waals surface area (Å²) in [5.41, 5.74) is 5.75. The summed E-state index contributed by atoms with van der Waals surface area (Å²) in [7, 11) is 0. The quantitative estimate of drug-likeness (QED) is 0.742. The summed E-state index contributed by atoms with van der Waals surface area (Å²) >= 11 is 0. The Balaban J connectivity index is 2.36. The van der Waals surface area contributed by atoms with Gasteiger partial charge in [-0.15, -0.1) is 0 Å². The van der Waals surface area contributed by atoms with Gasteiger partial charge in [-0.2, -0.15) is 0 Å². The van der Waals surface area contributed by atoms with Crippen LogP contribution in [0.4, 0.5) is 0 Å². The van der Waals surface area contributed by atoms with Gasteiger partial charge in [0.05, 0.1) is 19.4 Å². The first kappa shape index (κ1) is 15.7. The van der Waals surface area contributed by atoms with E-state index in [2.05, 4.69) is 24.1 Å². The second-order valence-corrected chi connectivity index (χ2v) is 5.53. The topological polar surface area (TPSA) is 71.5 Å². The van der Waals surface area contributed by atoms with E-state index < -0.39 is 0 Å². The maximum absolute atomic E-state index is 11.9. The zero-order valence-corrected chi connectivity index (χ0v) is 12.1. The van der Waals surface area contributed by atoms with Crippen LogP contribution < -0.4 is 11.1 Å². The maximum atomic E-state index is 11.9. The number of carbonyl (C=O) groups is 1. The highest BCUT2D eigenvalue weighted by Crippen LogP contribution is 2.14. The molecule has 0 aliphatic carbocycles. The van der Waals surface area contributed by atoms with Gasteiger partial charge in [0, 0.05) is 6.54 Å². The average Bonchev–Trinajstić information content (AvgIpc) is 2.88. The van der Waals surface area contributed by atoms with E-state index in [1.54, 1.807) is 6.26 Å². The van der Waals surface area contributed by atoms with Crippen molar-refractivity contribution in [2.75, 3.05) is 26.2 Å². The molecule has 108 valence electrons. The summed E-state index contributed by atoms with van der Waals surface area (Å²) in [6.07, 6.45) is 1.60. The Morgan fingerprint density at radius 2 is 2.26 bits per heavy atom. The standard InChI is InChI=1S/C14H25N3O2/c1-4-17(11-14(2,3)10-15)9-13(18)16-8-12-6-5-7-19-12/h5-7H,4,8-11,15H2,1-3H3,(H,16,18). The molecular weight excluding hydrogens is 242 g/mol. The van der Waals surface area contributed by atoms with Crippen LogP contribution in [0.15, 0.2) is 22.8 Å². The molecule has 1 amide bonds. The van der Waals surface area contributed by atoms with Crippen molar-refractivity contribution in [1.29, 1.82) is 0 Å². The number of amides is 1. The Labute approximate surface area is 115 Å². The first-order chi connectivity index (χ1) is 8.96. The van der Waals surface area contributed by atoms with Crippen molar-refractivity contribution in [2.45, 2.75) is 27.3 Å². The molecule has 0 aliphatic rings. The van der Waals surface area contributed by atoms with Gasteiger partial charge in [-0.1, -0.05) is 20.8 Å². The zero-order valence-electron chi connectivity index (χ0n) is 12.1. The number of hydrogen-bond acceptors (Lipinski definition) is 4. The van der Waals surface area contributed by atoms with Crippen molar-refractivity contribution in [3.63, 3.8) is 0 Å². The molecule has 0 spiro atoms. The highest BCUT2D eigenvalue weighted by molar-refractivity contribution is 5.77. The molecule has 3 N–H and O–H groups in total. The zero-order chi connectivity index (χ0) is 14.3. The van der Waals surface area contributed by atoms with Gasteiger partial charge >= 0.3 is 0 Å². The van der Waals surface area contributed by atoms with Crippen molar-refractivity contribution in [3.8, 4) is 0 Å². The minimum Gasteiger partial charge on any atom is -0.467 e.